The number of ether oxygens (including phenoxy) is 1. The second kappa shape index (κ2) is 10.1. The van der Waals surface area contributed by atoms with Gasteiger partial charge >= 0.3 is 0 Å². The van der Waals surface area contributed by atoms with E-state index in [2.05, 4.69) is 44.8 Å². The Kier molecular flexibility index (Phi) is 8.54. The Hall–Kier alpha value is -1.96. The van der Waals surface area contributed by atoms with Crippen molar-refractivity contribution in [1.82, 2.24) is 10.2 Å². The van der Waals surface area contributed by atoms with Crippen LogP contribution in [0.3, 0.4) is 0 Å². The number of carbonyl (C=O) groups excluding carboxylic acids is 1. The average Bonchev–Trinajstić information content (AvgIpc) is 2.89. The van der Waals surface area contributed by atoms with Crippen molar-refractivity contribution in [2.45, 2.75) is 65.8 Å². The lowest BCUT2D eigenvalue weighted by Crippen LogP contribution is -2.39. The molecule has 0 radical (unpaired) electrons. The van der Waals surface area contributed by atoms with Crippen LogP contribution >= 0.6 is 0 Å². The number of nitrogens with one attached hydrogen (secondary N) is 1. The van der Waals surface area contributed by atoms with E-state index in [0.29, 0.717) is 25.0 Å². The topological polar surface area (TPSA) is 65.4 Å². The third kappa shape index (κ3) is 6.12. The first-order valence-electron chi connectivity index (χ1n) is 9.40. The fraction of sp³-hybridized carbons (Fsp3) is 0.700. The highest BCUT2D eigenvalue weighted by Gasteiger charge is 2.35. The highest BCUT2D eigenvalue weighted by Crippen LogP contribution is 2.29. The zero-order valence-electron chi connectivity index (χ0n) is 16.4. The summed E-state index contributed by atoms with van der Waals surface area (Å²) in [6, 6.07) is 1.99. The van der Waals surface area contributed by atoms with Crippen LogP contribution in [-0.4, -0.2) is 36.0 Å². The zero-order valence-corrected chi connectivity index (χ0v) is 16.4. The molecule has 0 aromatic carbocycles. The van der Waals surface area contributed by atoms with Gasteiger partial charge < -0.3 is 15.0 Å². The third-order valence-electron chi connectivity index (χ3n) is 4.74. The number of unbranched alkanes of at least 4 members (excludes halogenated alkanes) is 1. The molecule has 1 aliphatic rings. The minimum atomic E-state index is -0.311. The quantitative estimate of drug-likeness (QED) is 0.510. The highest BCUT2D eigenvalue weighted by molar-refractivity contribution is 5.97. The summed E-state index contributed by atoms with van der Waals surface area (Å²) in [6.07, 6.45) is 7.75. The zero-order chi connectivity index (χ0) is 18.9. The molecule has 1 fully saturated rings. The molecule has 1 rings (SSSR count). The Labute approximate surface area is 152 Å². The van der Waals surface area contributed by atoms with Gasteiger partial charge in [-0.2, -0.15) is 5.26 Å². The molecule has 0 saturated carbocycles. The number of rotatable bonds is 9. The van der Waals surface area contributed by atoms with E-state index >= 15 is 0 Å². The molecule has 1 amide bonds. The summed E-state index contributed by atoms with van der Waals surface area (Å²) < 4.78 is 5.71. The number of carbonyl (C=O) groups is 1. The standard InChI is InChI=1S/C20H33N3O2/c1-6-9-10-16(7-2)14-22-19(24)17(13-21)11-12-18-23(8-3)20(4,5)15-25-18/h11-12,16H,6-10,14-15H2,1-5H3,(H,22,24)/b17-11-,18-12+. The molecule has 5 nitrogen and oxygen atoms in total. The van der Waals surface area contributed by atoms with Crippen LogP contribution in [0.2, 0.25) is 0 Å². The smallest absolute Gasteiger partial charge is 0.261 e. The first kappa shape index (κ1) is 21.1. The summed E-state index contributed by atoms with van der Waals surface area (Å²) in [5, 5.41) is 12.2. The predicted molar refractivity (Wildman–Crippen MR) is 101 cm³/mol. The van der Waals surface area contributed by atoms with Gasteiger partial charge in [0.05, 0.1) is 5.54 Å². The van der Waals surface area contributed by atoms with Crippen LogP contribution in [-0.2, 0) is 9.53 Å². The molecule has 0 aromatic heterocycles. The number of allylic oxidation sites excluding steroid dienone is 2. The van der Waals surface area contributed by atoms with E-state index in [4.69, 9.17) is 4.74 Å². The molecule has 0 aromatic rings. The molecule has 25 heavy (non-hydrogen) atoms. The van der Waals surface area contributed by atoms with Crippen molar-refractivity contribution in [3.05, 3.63) is 23.6 Å². The molecule has 5 heteroatoms. The Balaban J connectivity index is 2.71. The summed E-state index contributed by atoms with van der Waals surface area (Å²) in [5.41, 5.74) is 0.0408. The molecule has 1 unspecified atom stereocenters. The Morgan fingerprint density at radius 1 is 1.44 bits per heavy atom. The van der Waals surface area contributed by atoms with E-state index in [1.165, 1.54) is 6.42 Å². The molecule has 0 aliphatic carbocycles. The Morgan fingerprint density at radius 2 is 2.16 bits per heavy atom. The SMILES string of the molecule is CCCCC(CC)CNC(=O)/C(C#N)=C\C=C1\OCC(C)(C)N1CC. The lowest BCUT2D eigenvalue weighted by atomic mass is 9.99. The molecular weight excluding hydrogens is 314 g/mol. The lowest BCUT2D eigenvalue weighted by molar-refractivity contribution is -0.117. The first-order valence-corrected chi connectivity index (χ1v) is 9.40. The van der Waals surface area contributed by atoms with Crippen LogP contribution in [0.15, 0.2) is 23.6 Å². The van der Waals surface area contributed by atoms with Crippen LogP contribution in [0.25, 0.3) is 0 Å². The van der Waals surface area contributed by atoms with Gasteiger partial charge in [0.15, 0.2) is 5.88 Å². The van der Waals surface area contributed by atoms with Gasteiger partial charge in [-0.05, 0) is 45.3 Å². The maximum absolute atomic E-state index is 12.3. The maximum Gasteiger partial charge on any atom is 0.261 e. The van der Waals surface area contributed by atoms with Crippen LogP contribution in [0, 0.1) is 17.2 Å². The van der Waals surface area contributed by atoms with E-state index in [9.17, 15) is 10.1 Å². The lowest BCUT2D eigenvalue weighted by Gasteiger charge is -2.28. The van der Waals surface area contributed by atoms with Crippen molar-refractivity contribution in [3.8, 4) is 6.07 Å². The van der Waals surface area contributed by atoms with Gasteiger partial charge in [-0.1, -0.05) is 33.1 Å². The summed E-state index contributed by atoms with van der Waals surface area (Å²) in [7, 11) is 0. The van der Waals surface area contributed by atoms with E-state index in [1.54, 1.807) is 12.2 Å². The predicted octanol–water partition coefficient (Wildman–Crippen LogP) is 3.74. The van der Waals surface area contributed by atoms with Crippen molar-refractivity contribution in [3.63, 3.8) is 0 Å². The van der Waals surface area contributed by atoms with Crippen LogP contribution in [0.1, 0.15) is 60.3 Å². The summed E-state index contributed by atoms with van der Waals surface area (Å²) in [5.74, 6) is 0.869. The molecule has 1 aliphatic heterocycles. The molecule has 1 N–H and O–H groups in total. The molecule has 1 heterocycles. The number of hydrogen-bond acceptors (Lipinski definition) is 4. The second-order valence-corrected chi connectivity index (χ2v) is 7.17. The minimum Gasteiger partial charge on any atom is -0.477 e. The fourth-order valence-corrected chi connectivity index (χ4v) is 3.02. The minimum absolute atomic E-state index is 0.0723. The van der Waals surface area contributed by atoms with E-state index < -0.39 is 0 Å². The van der Waals surface area contributed by atoms with E-state index in [0.717, 1.165) is 25.8 Å². The van der Waals surface area contributed by atoms with Gasteiger partial charge in [0.1, 0.15) is 18.2 Å². The van der Waals surface area contributed by atoms with E-state index in [-0.39, 0.29) is 17.0 Å². The van der Waals surface area contributed by atoms with Crippen molar-refractivity contribution in [2.24, 2.45) is 5.92 Å². The highest BCUT2D eigenvalue weighted by atomic mass is 16.5. The number of hydrogen-bond donors (Lipinski definition) is 1. The van der Waals surface area contributed by atoms with Gasteiger partial charge in [0.25, 0.3) is 5.91 Å². The molecule has 0 spiro atoms. The van der Waals surface area contributed by atoms with Gasteiger partial charge in [0.2, 0.25) is 0 Å². The van der Waals surface area contributed by atoms with Gasteiger partial charge in [-0.3, -0.25) is 4.79 Å². The van der Waals surface area contributed by atoms with Crippen molar-refractivity contribution in [2.75, 3.05) is 19.7 Å². The van der Waals surface area contributed by atoms with E-state index in [1.807, 2.05) is 6.07 Å². The summed E-state index contributed by atoms with van der Waals surface area (Å²) >= 11 is 0. The molecule has 1 saturated heterocycles. The summed E-state index contributed by atoms with van der Waals surface area (Å²) in [6.45, 7) is 12.6. The van der Waals surface area contributed by atoms with Crippen LogP contribution in [0.5, 0.6) is 0 Å². The van der Waals surface area contributed by atoms with Gasteiger partial charge in [0, 0.05) is 13.1 Å². The largest absolute Gasteiger partial charge is 0.477 e. The number of nitrogens with zero attached hydrogens (tertiary/aromatic N) is 2. The molecule has 1 atom stereocenters. The number of amides is 1. The number of nitriles is 1. The number of likely N-dealkylation sites (N-methyl/N-ethyl adjacent to an activating group) is 1. The Bertz CT molecular complexity index is 544. The van der Waals surface area contributed by atoms with Crippen LogP contribution in [0.4, 0.5) is 0 Å². The summed E-state index contributed by atoms with van der Waals surface area (Å²) in [4.78, 5) is 14.4. The maximum atomic E-state index is 12.3. The fourth-order valence-electron chi connectivity index (χ4n) is 3.02. The van der Waals surface area contributed by atoms with Gasteiger partial charge in [-0.15, -0.1) is 0 Å². The van der Waals surface area contributed by atoms with Crippen molar-refractivity contribution >= 4 is 5.91 Å². The van der Waals surface area contributed by atoms with Crippen molar-refractivity contribution < 1.29 is 9.53 Å². The molecule has 140 valence electrons. The van der Waals surface area contributed by atoms with Crippen molar-refractivity contribution in [1.29, 1.82) is 5.26 Å². The third-order valence-corrected chi connectivity index (χ3v) is 4.74. The normalized spacial score (nSPS) is 19.4. The van der Waals surface area contributed by atoms with Crippen LogP contribution < -0.4 is 5.32 Å². The average molecular weight is 348 g/mol. The van der Waals surface area contributed by atoms with Gasteiger partial charge in [-0.25, -0.2) is 0 Å². The second-order valence-electron chi connectivity index (χ2n) is 7.17. The molecule has 0 bridgehead atoms. The Morgan fingerprint density at radius 3 is 2.72 bits per heavy atom. The monoisotopic (exact) mass is 347 g/mol. The first-order chi connectivity index (χ1) is 11.9. The molecular formula is C20H33N3O2.